The number of hydrogen-bond acceptors (Lipinski definition) is 6. The molecule has 1 N–H and O–H groups in total. The molecule has 0 aliphatic carbocycles. The molecule has 1 aliphatic heterocycles. The van der Waals surface area contributed by atoms with Crippen molar-refractivity contribution in [2.45, 2.75) is 26.3 Å². The summed E-state index contributed by atoms with van der Waals surface area (Å²) in [6, 6.07) is 3.91. The second-order valence-corrected chi connectivity index (χ2v) is 7.33. The molecule has 9 heteroatoms. The number of nitrogens with one attached hydrogen (secondary N) is 1. The van der Waals surface area contributed by atoms with Crippen molar-refractivity contribution in [2.24, 2.45) is 0 Å². The average molecular weight is 396 g/mol. The van der Waals surface area contributed by atoms with Crippen molar-refractivity contribution in [1.29, 1.82) is 0 Å². The van der Waals surface area contributed by atoms with Gasteiger partial charge in [0.1, 0.15) is 5.82 Å². The number of rotatable bonds is 6. The predicted octanol–water partition coefficient (Wildman–Crippen LogP) is 2.74. The molecule has 1 aromatic carbocycles. The summed E-state index contributed by atoms with van der Waals surface area (Å²) in [7, 11) is 0. The normalized spacial score (nSPS) is 16.0. The minimum atomic E-state index is -0.434. The minimum Gasteiger partial charge on any atom is -0.338 e. The van der Waals surface area contributed by atoms with Gasteiger partial charge in [-0.1, -0.05) is 30.6 Å². The highest BCUT2D eigenvalue weighted by atomic mass is 35.5. The third-order valence-electron chi connectivity index (χ3n) is 4.40. The molecule has 1 amide bonds. The summed E-state index contributed by atoms with van der Waals surface area (Å²) in [6.45, 7) is 8.07. The van der Waals surface area contributed by atoms with Crippen LogP contribution in [0.2, 0.25) is 5.02 Å². The van der Waals surface area contributed by atoms with Crippen LogP contribution >= 0.6 is 11.6 Å². The number of amides is 1. The maximum absolute atomic E-state index is 13.1. The zero-order valence-electron chi connectivity index (χ0n) is 15.4. The largest absolute Gasteiger partial charge is 0.338 e. The summed E-state index contributed by atoms with van der Waals surface area (Å²) in [4.78, 5) is 20.9. The van der Waals surface area contributed by atoms with Crippen LogP contribution in [0.4, 0.5) is 10.1 Å². The molecule has 2 heterocycles. The van der Waals surface area contributed by atoms with Gasteiger partial charge in [0.2, 0.25) is 11.8 Å². The first-order valence-electron chi connectivity index (χ1n) is 8.93. The summed E-state index contributed by atoms with van der Waals surface area (Å²) in [5.41, 5.74) is 0.416. The molecule has 0 unspecified atom stereocenters. The van der Waals surface area contributed by atoms with Gasteiger partial charge < -0.3 is 9.84 Å². The van der Waals surface area contributed by atoms with E-state index in [2.05, 4.69) is 25.3 Å². The minimum absolute atomic E-state index is 0.171. The first-order valence-corrected chi connectivity index (χ1v) is 9.30. The highest BCUT2D eigenvalue weighted by molar-refractivity contribution is 6.33. The van der Waals surface area contributed by atoms with E-state index in [0.717, 1.165) is 32.0 Å². The van der Waals surface area contributed by atoms with Crippen LogP contribution in [-0.2, 0) is 11.3 Å². The lowest BCUT2D eigenvalue weighted by Gasteiger charge is -2.33. The zero-order valence-corrected chi connectivity index (χ0v) is 16.2. The van der Waals surface area contributed by atoms with E-state index in [0.29, 0.717) is 18.1 Å². The van der Waals surface area contributed by atoms with Gasteiger partial charge in [-0.15, -0.1) is 0 Å². The molecule has 0 bridgehead atoms. The lowest BCUT2D eigenvalue weighted by Crippen LogP contribution is -2.48. The second kappa shape index (κ2) is 8.77. The number of halogens is 2. The van der Waals surface area contributed by atoms with Crippen molar-refractivity contribution < 1.29 is 13.7 Å². The molecular weight excluding hydrogens is 373 g/mol. The number of nitrogens with zero attached hydrogens (tertiary/aromatic N) is 4. The second-order valence-electron chi connectivity index (χ2n) is 6.93. The van der Waals surface area contributed by atoms with Crippen molar-refractivity contribution in [1.82, 2.24) is 19.9 Å². The Hall–Kier alpha value is -2.03. The van der Waals surface area contributed by atoms with Crippen molar-refractivity contribution in [3.05, 3.63) is 40.8 Å². The van der Waals surface area contributed by atoms with Crippen molar-refractivity contribution in [2.75, 3.05) is 38.0 Å². The van der Waals surface area contributed by atoms with Gasteiger partial charge in [-0.05, 0) is 18.2 Å². The van der Waals surface area contributed by atoms with E-state index in [1.54, 1.807) is 0 Å². The molecule has 1 aromatic heterocycles. The standard InChI is InChI=1S/C18H23ClFN5O2/c1-12(2)18-22-17(27-23-18)11-25-7-5-24(6-8-25)10-16(26)21-15-4-3-13(20)9-14(15)19/h3-4,9,12H,5-8,10-11H2,1-2H3,(H,21,26). The van der Waals surface area contributed by atoms with Crippen LogP contribution < -0.4 is 5.32 Å². The molecular formula is C18H23ClFN5O2. The quantitative estimate of drug-likeness (QED) is 0.810. The molecule has 0 radical (unpaired) electrons. The number of piperazine rings is 1. The summed E-state index contributed by atoms with van der Waals surface area (Å²) < 4.78 is 18.4. The van der Waals surface area contributed by atoms with Gasteiger partial charge in [-0.25, -0.2) is 4.39 Å². The van der Waals surface area contributed by atoms with Crippen LogP contribution in [0.15, 0.2) is 22.7 Å². The smallest absolute Gasteiger partial charge is 0.240 e. The van der Waals surface area contributed by atoms with Gasteiger partial charge in [-0.3, -0.25) is 14.6 Å². The Morgan fingerprint density at radius 2 is 2.00 bits per heavy atom. The molecule has 1 fully saturated rings. The zero-order chi connectivity index (χ0) is 19.4. The Labute approximate surface area is 162 Å². The van der Waals surface area contributed by atoms with Gasteiger partial charge in [0.25, 0.3) is 0 Å². The van der Waals surface area contributed by atoms with Gasteiger partial charge in [0.05, 0.1) is 23.8 Å². The van der Waals surface area contributed by atoms with E-state index in [-0.39, 0.29) is 23.4 Å². The van der Waals surface area contributed by atoms with Gasteiger partial charge in [-0.2, -0.15) is 4.98 Å². The van der Waals surface area contributed by atoms with Crippen molar-refractivity contribution in [3.8, 4) is 0 Å². The van der Waals surface area contributed by atoms with Crippen LogP contribution in [0.25, 0.3) is 0 Å². The highest BCUT2D eigenvalue weighted by Gasteiger charge is 2.21. The highest BCUT2D eigenvalue weighted by Crippen LogP contribution is 2.22. The van der Waals surface area contributed by atoms with E-state index in [9.17, 15) is 9.18 Å². The lowest BCUT2D eigenvalue weighted by atomic mass is 10.2. The van der Waals surface area contributed by atoms with Crippen molar-refractivity contribution >= 4 is 23.2 Å². The van der Waals surface area contributed by atoms with Crippen LogP contribution in [0.3, 0.4) is 0 Å². The number of anilines is 1. The molecule has 3 rings (SSSR count). The van der Waals surface area contributed by atoms with E-state index < -0.39 is 5.82 Å². The summed E-state index contributed by atoms with van der Waals surface area (Å²) in [5, 5.41) is 6.89. The lowest BCUT2D eigenvalue weighted by molar-refractivity contribution is -0.117. The summed E-state index contributed by atoms with van der Waals surface area (Å²) in [5.74, 6) is 0.981. The summed E-state index contributed by atoms with van der Waals surface area (Å²) >= 11 is 5.94. The molecule has 1 aliphatic rings. The topological polar surface area (TPSA) is 74.5 Å². The molecule has 146 valence electrons. The molecule has 2 aromatic rings. The van der Waals surface area contributed by atoms with E-state index in [1.165, 1.54) is 18.2 Å². The maximum Gasteiger partial charge on any atom is 0.240 e. The maximum atomic E-state index is 13.1. The van der Waals surface area contributed by atoms with E-state index in [1.807, 2.05) is 13.8 Å². The number of hydrogen-bond donors (Lipinski definition) is 1. The van der Waals surface area contributed by atoms with Gasteiger partial charge in [0, 0.05) is 32.1 Å². The third kappa shape index (κ3) is 5.47. The van der Waals surface area contributed by atoms with Crippen LogP contribution in [0.5, 0.6) is 0 Å². The van der Waals surface area contributed by atoms with E-state index >= 15 is 0 Å². The number of benzene rings is 1. The number of aromatic nitrogens is 2. The Balaban J connectivity index is 1.44. The van der Waals surface area contributed by atoms with Crippen LogP contribution in [-0.4, -0.2) is 58.6 Å². The number of carbonyl (C=O) groups excluding carboxylic acids is 1. The Bertz CT molecular complexity index is 790. The fourth-order valence-electron chi connectivity index (χ4n) is 2.85. The van der Waals surface area contributed by atoms with E-state index in [4.69, 9.17) is 16.1 Å². The number of carbonyl (C=O) groups is 1. The van der Waals surface area contributed by atoms with Gasteiger partial charge >= 0.3 is 0 Å². The molecule has 7 nitrogen and oxygen atoms in total. The summed E-state index contributed by atoms with van der Waals surface area (Å²) in [6.07, 6.45) is 0. The van der Waals surface area contributed by atoms with Gasteiger partial charge in [0.15, 0.2) is 5.82 Å². The van der Waals surface area contributed by atoms with Crippen LogP contribution in [0.1, 0.15) is 31.5 Å². The Morgan fingerprint density at radius 3 is 2.63 bits per heavy atom. The van der Waals surface area contributed by atoms with Crippen LogP contribution in [0, 0.1) is 5.82 Å². The molecule has 1 saturated heterocycles. The molecule has 0 atom stereocenters. The molecule has 0 saturated carbocycles. The fraction of sp³-hybridized carbons (Fsp3) is 0.500. The third-order valence-corrected chi connectivity index (χ3v) is 4.71. The monoisotopic (exact) mass is 395 g/mol. The predicted molar refractivity (Wildman–Crippen MR) is 100 cm³/mol. The fourth-order valence-corrected chi connectivity index (χ4v) is 3.06. The SMILES string of the molecule is CC(C)c1noc(CN2CCN(CC(=O)Nc3ccc(F)cc3Cl)CC2)n1. The average Bonchev–Trinajstić information content (AvgIpc) is 3.08. The first kappa shape index (κ1) is 19.7. The first-order chi connectivity index (χ1) is 12.9. The Kier molecular flexibility index (Phi) is 6.41. The molecule has 27 heavy (non-hydrogen) atoms. The Morgan fingerprint density at radius 1 is 1.30 bits per heavy atom. The van der Waals surface area contributed by atoms with Crippen molar-refractivity contribution in [3.63, 3.8) is 0 Å². The molecule has 0 spiro atoms.